The molecule has 4 nitrogen and oxygen atoms in total. The molecule has 0 aliphatic heterocycles. The van der Waals surface area contributed by atoms with E-state index >= 15 is 0 Å². The van der Waals surface area contributed by atoms with Crippen molar-refractivity contribution >= 4 is 34.3 Å². The highest BCUT2D eigenvalue weighted by molar-refractivity contribution is 7.16. The van der Waals surface area contributed by atoms with Crippen LogP contribution in [0.4, 0.5) is 9.39 Å². The van der Waals surface area contributed by atoms with E-state index < -0.39 is 17.7 Å². The first kappa shape index (κ1) is 16.9. The van der Waals surface area contributed by atoms with E-state index in [9.17, 15) is 14.0 Å². The van der Waals surface area contributed by atoms with Crippen LogP contribution in [0.25, 0.3) is 6.08 Å². The number of carbonyl (C=O) groups is 2. The third-order valence-corrected chi connectivity index (χ3v) is 4.45. The van der Waals surface area contributed by atoms with Crippen molar-refractivity contribution in [3.05, 3.63) is 57.7 Å². The van der Waals surface area contributed by atoms with Crippen LogP contribution in [0.5, 0.6) is 0 Å². The second-order valence-electron chi connectivity index (χ2n) is 4.82. The highest BCUT2D eigenvalue weighted by atomic mass is 32.1. The summed E-state index contributed by atoms with van der Waals surface area (Å²) in [4.78, 5) is 24.8. The molecule has 0 radical (unpaired) electrons. The first-order chi connectivity index (χ1) is 10.9. The van der Waals surface area contributed by atoms with Crippen LogP contribution in [0.3, 0.4) is 0 Å². The minimum absolute atomic E-state index is 0.314. The Morgan fingerprint density at radius 2 is 1.96 bits per heavy atom. The number of amides is 1. The van der Waals surface area contributed by atoms with Gasteiger partial charge in [-0.25, -0.2) is 9.18 Å². The Kier molecular flexibility index (Phi) is 5.28. The Morgan fingerprint density at radius 1 is 1.26 bits per heavy atom. The molecule has 0 saturated heterocycles. The van der Waals surface area contributed by atoms with Crippen LogP contribution >= 0.6 is 11.3 Å². The Hall–Kier alpha value is -2.47. The smallest absolute Gasteiger partial charge is 0.341 e. The molecule has 0 aliphatic carbocycles. The number of rotatable bonds is 4. The van der Waals surface area contributed by atoms with E-state index in [0.717, 1.165) is 10.4 Å². The van der Waals surface area contributed by atoms with Gasteiger partial charge in [0.2, 0.25) is 5.91 Å². The zero-order chi connectivity index (χ0) is 17.0. The predicted molar refractivity (Wildman–Crippen MR) is 89.2 cm³/mol. The number of benzene rings is 1. The maximum Gasteiger partial charge on any atom is 0.341 e. The molecule has 0 bridgehead atoms. The van der Waals surface area contributed by atoms with Gasteiger partial charge in [0.15, 0.2) is 0 Å². The lowest BCUT2D eigenvalue weighted by molar-refractivity contribution is -0.111. The molecule has 2 rings (SSSR count). The standard InChI is InChI=1S/C17H16FNO3S/c1-10-11(2)23-16(15(10)17(21)22-3)19-14(20)9-8-12-6-4-5-7-13(12)18/h4-9H,1-3H3,(H,19,20)/b9-8+. The molecule has 0 spiro atoms. The Bertz CT molecular complexity index is 780. The summed E-state index contributed by atoms with van der Waals surface area (Å²) in [6.07, 6.45) is 2.61. The van der Waals surface area contributed by atoms with Gasteiger partial charge < -0.3 is 10.1 Å². The number of esters is 1. The monoisotopic (exact) mass is 333 g/mol. The van der Waals surface area contributed by atoms with Crippen LogP contribution in [-0.4, -0.2) is 19.0 Å². The molecule has 0 saturated carbocycles. The summed E-state index contributed by atoms with van der Waals surface area (Å²) >= 11 is 1.30. The Labute approximate surface area is 137 Å². The number of carbonyl (C=O) groups excluding carboxylic acids is 2. The maximum atomic E-state index is 13.5. The lowest BCUT2D eigenvalue weighted by Gasteiger charge is -2.04. The summed E-state index contributed by atoms with van der Waals surface area (Å²) < 4.78 is 18.2. The van der Waals surface area contributed by atoms with E-state index in [0.29, 0.717) is 16.1 Å². The third-order valence-electron chi connectivity index (χ3n) is 3.33. The number of nitrogens with one attached hydrogen (secondary N) is 1. The molecule has 2 aromatic rings. The third kappa shape index (κ3) is 3.84. The highest BCUT2D eigenvalue weighted by Gasteiger charge is 2.20. The molecule has 0 unspecified atom stereocenters. The molecule has 1 amide bonds. The maximum absolute atomic E-state index is 13.5. The van der Waals surface area contributed by atoms with Crippen LogP contribution in [0, 0.1) is 19.7 Å². The topological polar surface area (TPSA) is 55.4 Å². The van der Waals surface area contributed by atoms with Gasteiger partial charge in [0, 0.05) is 16.5 Å². The number of halogens is 1. The summed E-state index contributed by atoms with van der Waals surface area (Å²) in [7, 11) is 1.29. The Morgan fingerprint density at radius 3 is 2.61 bits per heavy atom. The van der Waals surface area contributed by atoms with E-state index in [1.807, 2.05) is 6.92 Å². The minimum atomic E-state index is -0.500. The van der Waals surface area contributed by atoms with Crippen LogP contribution in [0.1, 0.15) is 26.4 Å². The van der Waals surface area contributed by atoms with Gasteiger partial charge in [0.25, 0.3) is 0 Å². The lowest BCUT2D eigenvalue weighted by Crippen LogP contribution is -2.11. The first-order valence-electron chi connectivity index (χ1n) is 6.86. The fraction of sp³-hybridized carbons (Fsp3) is 0.176. The Balaban J connectivity index is 2.20. The van der Waals surface area contributed by atoms with Gasteiger partial charge in [-0.3, -0.25) is 4.79 Å². The molecular formula is C17H16FNO3S. The fourth-order valence-corrected chi connectivity index (χ4v) is 3.04. The van der Waals surface area contributed by atoms with E-state index in [-0.39, 0.29) is 0 Å². The van der Waals surface area contributed by atoms with Crippen LogP contribution in [0.15, 0.2) is 30.3 Å². The SMILES string of the molecule is COC(=O)c1c(NC(=O)/C=C/c2ccccc2F)sc(C)c1C. The normalized spacial score (nSPS) is 10.8. The van der Waals surface area contributed by atoms with Crippen LogP contribution in [-0.2, 0) is 9.53 Å². The van der Waals surface area contributed by atoms with Gasteiger partial charge in [-0.1, -0.05) is 18.2 Å². The van der Waals surface area contributed by atoms with Crippen molar-refractivity contribution in [2.75, 3.05) is 12.4 Å². The fourth-order valence-electron chi connectivity index (χ4n) is 1.99. The number of anilines is 1. The number of ether oxygens (including phenoxy) is 1. The van der Waals surface area contributed by atoms with Crippen molar-refractivity contribution in [1.82, 2.24) is 0 Å². The molecule has 1 heterocycles. The molecule has 1 aromatic carbocycles. The number of thiophene rings is 1. The summed E-state index contributed by atoms with van der Waals surface area (Å²) in [5.41, 5.74) is 1.44. The molecule has 0 atom stereocenters. The van der Waals surface area contributed by atoms with Gasteiger partial charge in [-0.2, -0.15) is 0 Å². The predicted octanol–water partition coefficient (Wildman–Crippen LogP) is 3.94. The van der Waals surface area contributed by atoms with Gasteiger partial charge in [0.05, 0.1) is 12.7 Å². The highest BCUT2D eigenvalue weighted by Crippen LogP contribution is 2.32. The molecular weight excluding hydrogens is 317 g/mol. The lowest BCUT2D eigenvalue weighted by atomic mass is 10.1. The minimum Gasteiger partial charge on any atom is -0.465 e. The van der Waals surface area contributed by atoms with Crippen molar-refractivity contribution in [3.8, 4) is 0 Å². The average Bonchev–Trinajstić information content (AvgIpc) is 2.80. The van der Waals surface area contributed by atoms with Crippen molar-refractivity contribution in [2.45, 2.75) is 13.8 Å². The van der Waals surface area contributed by atoms with Crippen molar-refractivity contribution in [1.29, 1.82) is 0 Å². The average molecular weight is 333 g/mol. The van der Waals surface area contributed by atoms with E-state index in [1.54, 1.807) is 25.1 Å². The number of hydrogen-bond donors (Lipinski definition) is 1. The molecule has 1 N–H and O–H groups in total. The zero-order valence-corrected chi connectivity index (χ0v) is 13.8. The molecule has 6 heteroatoms. The van der Waals surface area contributed by atoms with E-state index in [1.165, 1.54) is 36.7 Å². The summed E-state index contributed by atoms with van der Waals surface area (Å²) in [5, 5.41) is 3.07. The number of aryl methyl sites for hydroxylation is 1. The van der Waals surface area contributed by atoms with Crippen molar-refractivity contribution < 1.29 is 18.7 Å². The number of hydrogen-bond acceptors (Lipinski definition) is 4. The quantitative estimate of drug-likeness (QED) is 0.681. The second-order valence-corrected chi connectivity index (χ2v) is 6.05. The van der Waals surface area contributed by atoms with Gasteiger partial charge in [-0.15, -0.1) is 11.3 Å². The second kappa shape index (κ2) is 7.19. The van der Waals surface area contributed by atoms with Crippen LogP contribution < -0.4 is 5.32 Å². The summed E-state index contributed by atoms with van der Waals surface area (Å²) in [5.74, 6) is -1.35. The first-order valence-corrected chi connectivity index (χ1v) is 7.67. The van der Waals surface area contributed by atoms with Crippen molar-refractivity contribution in [3.63, 3.8) is 0 Å². The molecule has 23 heavy (non-hydrogen) atoms. The largest absolute Gasteiger partial charge is 0.465 e. The zero-order valence-electron chi connectivity index (χ0n) is 13.0. The van der Waals surface area contributed by atoms with E-state index in [4.69, 9.17) is 4.74 Å². The molecule has 120 valence electrons. The summed E-state index contributed by atoms with van der Waals surface area (Å²) in [6.45, 7) is 3.65. The number of methoxy groups -OCH3 is 1. The van der Waals surface area contributed by atoms with Gasteiger partial charge >= 0.3 is 5.97 Å². The molecule has 0 aliphatic rings. The summed E-state index contributed by atoms with van der Waals surface area (Å²) in [6, 6.07) is 6.14. The van der Waals surface area contributed by atoms with Gasteiger partial charge in [0.1, 0.15) is 10.8 Å². The van der Waals surface area contributed by atoms with Gasteiger partial charge in [-0.05, 0) is 31.6 Å². The van der Waals surface area contributed by atoms with Crippen LogP contribution in [0.2, 0.25) is 0 Å². The van der Waals surface area contributed by atoms with E-state index in [2.05, 4.69) is 5.32 Å². The van der Waals surface area contributed by atoms with Crippen molar-refractivity contribution in [2.24, 2.45) is 0 Å². The molecule has 0 fully saturated rings. The molecule has 1 aromatic heterocycles.